The number of halogens is 1. The first-order valence-corrected chi connectivity index (χ1v) is 6.64. The number of carbonyl (C=O) groups is 1. The van der Waals surface area contributed by atoms with Crippen LogP contribution in [-0.2, 0) is 6.42 Å². The summed E-state index contributed by atoms with van der Waals surface area (Å²) in [6, 6.07) is 7.08. The lowest BCUT2D eigenvalue weighted by atomic mass is 10.1. The molecule has 4 nitrogen and oxygen atoms in total. The van der Waals surface area contributed by atoms with E-state index in [9.17, 15) is 4.79 Å². The van der Waals surface area contributed by atoms with E-state index in [1.807, 2.05) is 19.1 Å². The van der Waals surface area contributed by atoms with Crippen molar-refractivity contribution in [1.29, 1.82) is 0 Å². The number of ether oxygens (including phenoxy) is 1. The van der Waals surface area contributed by atoms with E-state index in [-0.39, 0.29) is 5.91 Å². The summed E-state index contributed by atoms with van der Waals surface area (Å²) in [5.41, 5.74) is 2.16. The highest BCUT2D eigenvalue weighted by atomic mass is 35.5. The van der Waals surface area contributed by atoms with Gasteiger partial charge >= 0.3 is 0 Å². The molecule has 1 aromatic carbocycles. The monoisotopic (exact) mass is 293 g/mol. The number of hydrogen-bond acceptors (Lipinski definition) is 3. The third-order valence-corrected chi connectivity index (χ3v) is 3.33. The number of furan rings is 1. The molecule has 0 aliphatic rings. The second-order valence-electron chi connectivity index (χ2n) is 4.40. The van der Waals surface area contributed by atoms with Crippen LogP contribution in [0.1, 0.15) is 21.7 Å². The minimum atomic E-state index is -0.215. The number of nitrogens with one attached hydrogen (secondary N) is 1. The Kier molecular flexibility index (Phi) is 4.69. The highest BCUT2D eigenvalue weighted by molar-refractivity contribution is 6.32. The van der Waals surface area contributed by atoms with E-state index in [0.29, 0.717) is 29.5 Å². The van der Waals surface area contributed by atoms with Crippen LogP contribution >= 0.6 is 11.6 Å². The lowest BCUT2D eigenvalue weighted by Crippen LogP contribution is -2.25. The van der Waals surface area contributed by atoms with Gasteiger partial charge in [0.05, 0.1) is 18.4 Å². The number of methoxy groups -OCH3 is 1. The van der Waals surface area contributed by atoms with Crippen molar-refractivity contribution in [1.82, 2.24) is 5.32 Å². The topological polar surface area (TPSA) is 51.5 Å². The summed E-state index contributed by atoms with van der Waals surface area (Å²) in [6.45, 7) is 2.51. The standard InChI is InChI=1S/C15H16ClNO3/c1-10-8-14(19-2)12(16)9-11(10)5-6-17-15(18)13-4-3-7-20-13/h3-4,7-9H,5-6H2,1-2H3,(H,17,18). The molecule has 5 heteroatoms. The molecule has 0 unspecified atom stereocenters. The van der Waals surface area contributed by atoms with Crippen LogP contribution in [0.3, 0.4) is 0 Å². The molecule has 0 aliphatic carbocycles. The first-order chi connectivity index (χ1) is 9.61. The van der Waals surface area contributed by atoms with E-state index >= 15 is 0 Å². The average molecular weight is 294 g/mol. The fourth-order valence-corrected chi connectivity index (χ4v) is 2.19. The summed E-state index contributed by atoms with van der Waals surface area (Å²) in [4.78, 5) is 11.7. The van der Waals surface area contributed by atoms with Crippen LogP contribution in [0, 0.1) is 6.92 Å². The summed E-state index contributed by atoms with van der Waals surface area (Å²) in [6.07, 6.45) is 2.17. The van der Waals surface area contributed by atoms with Crippen molar-refractivity contribution < 1.29 is 13.9 Å². The second-order valence-corrected chi connectivity index (χ2v) is 4.80. The van der Waals surface area contributed by atoms with Crippen LogP contribution in [-0.4, -0.2) is 19.6 Å². The molecule has 0 saturated carbocycles. The highest BCUT2D eigenvalue weighted by Gasteiger charge is 2.09. The molecule has 0 radical (unpaired) electrons. The summed E-state index contributed by atoms with van der Waals surface area (Å²) >= 11 is 6.10. The van der Waals surface area contributed by atoms with E-state index in [4.69, 9.17) is 20.8 Å². The largest absolute Gasteiger partial charge is 0.495 e. The Morgan fingerprint density at radius 3 is 2.90 bits per heavy atom. The predicted molar refractivity (Wildman–Crippen MR) is 77.5 cm³/mol. The minimum Gasteiger partial charge on any atom is -0.495 e. The van der Waals surface area contributed by atoms with Gasteiger partial charge in [-0.15, -0.1) is 0 Å². The number of amides is 1. The van der Waals surface area contributed by atoms with Crippen LogP contribution in [0.25, 0.3) is 0 Å². The van der Waals surface area contributed by atoms with E-state index < -0.39 is 0 Å². The molecule has 0 bridgehead atoms. The van der Waals surface area contributed by atoms with E-state index in [0.717, 1.165) is 11.1 Å². The van der Waals surface area contributed by atoms with Crippen LogP contribution < -0.4 is 10.1 Å². The predicted octanol–water partition coefficient (Wildman–Crippen LogP) is 3.22. The Morgan fingerprint density at radius 1 is 1.45 bits per heavy atom. The first kappa shape index (κ1) is 14.5. The molecule has 0 spiro atoms. The van der Waals surface area contributed by atoms with Gasteiger partial charge in [-0.05, 0) is 48.7 Å². The lowest BCUT2D eigenvalue weighted by Gasteiger charge is -2.10. The maximum absolute atomic E-state index is 11.7. The minimum absolute atomic E-state index is 0.215. The number of carbonyl (C=O) groups excluding carboxylic acids is 1. The van der Waals surface area contributed by atoms with Gasteiger partial charge in [-0.3, -0.25) is 4.79 Å². The fraction of sp³-hybridized carbons (Fsp3) is 0.267. The SMILES string of the molecule is COc1cc(C)c(CCNC(=O)c2ccco2)cc1Cl. The van der Waals surface area contributed by atoms with E-state index in [2.05, 4.69) is 5.32 Å². The molecule has 0 saturated heterocycles. The summed E-state index contributed by atoms with van der Waals surface area (Å²) in [5.74, 6) is 0.759. The van der Waals surface area contributed by atoms with Gasteiger partial charge in [-0.2, -0.15) is 0 Å². The molecule has 0 aliphatic heterocycles. The Labute approximate surface area is 122 Å². The quantitative estimate of drug-likeness (QED) is 0.921. The fourth-order valence-electron chi connectivity index (χ4n) is 1.93. The molecule has 0 fully saturated rings. The zero-order chi connectivity index (χ0) is 14.5. The molecule has 106 valence electrons. The summed E-state index contributed by atoms with van der Waals surface area (Å²) in [7, 11) is 1.59. The Hall–Kier alpha value is -1.94. The van der Waals surface area contributed by atoms with Crippen molar-refractivity contribution in [3.63, 3.8) is 0 Å². The Morgan fingerprint density at radius 2 is 2.25 bits per heavy atom. The number of rotatable bonds is 5. The zero-order valence-corrected chi connectivity index (χ0v) is 12.2. The van der Waals surface area contributed by atoms with Gasteiger partial charge in [0.1, 0.15) is 5.75 Å². The molecule has 2 rings (SSSR count). The van der Waals surface area contributed by atoms with Crippen molar-refractivity contribution in [2.45, 2.75) is 13.3 Å². The number of benzene rings is 1. The van der Waals surface area contributed by atoms with E-state index in [1.165, 1.54) is 6.26 Å². The van der Waals surface area contributed by atoms with Gasteiger partial charge < -0.3 is 14.5 Å². The van der Waals surface area contributed by atoms with Gasteiger partial charge in [-0.25, -0.2) is 0 Å². The van der Waals surface area contributed by atoms with Crippen molar-refractivity contribution in [3.8, 4) is 5.75 Å². The molecule has 0 atom stereocenters. The zero-order valence-electron chi connectivity index (χ0n) is 11.4. The molecule has 1 N–H and O–H groups in total. The van der Waals surface area contributed by atoms with Crippen LogP contribution in [0.5, 0.6) is 5.75 Å². The number of aryl methyl sites for hydroxylation is 1. The second kappa shape index (κ2) is 6.48. The van der Waals surface area contributed by atoms with Crippen LogP contribution in [0.15, 0.2) is 34.9 Å². The summed E-state index contributed by atoms with van der Waals surface area (Å²) < 4.78 is 10.2. The Balaban J connectivity index is 1.94. The van der Waals surface area contributed by atoms with Gasteiger partial charge in [0, 0.05) is 6.54 Å². The smallest absolute Gasteiger partial charge is 0.286 e. The van der Waals surface area contributed by atoms with Crippen LogP contribution in [0.4, 0.5) is 0 Å². The Bertz CT molecular complexity index is 593. The normalized spacial score (nSPS) is 10.3. The molecular weight excluding hydrogens is 278 g/mol. The van der Waals surface area contributed by atoms with Crippen molar-refractivity contribution in [3.05, 3.63) is 52.4 Å². The van der Waals surface area contributed by atoms with Gasteiger partial charge in [-0.1, -0.05) is 11.6 Å². The molecule has 1 amide bonds. The highest BCUT2D eigenvalue weighted by Crippen LogP contribution is 2.27. The first-order valence-electron chi connectivity index (χ1n) is 6.26. The van der Waals surface area contributed by atoms with Crippen molar-refractivity contribution in [2.24, 2.45) is 0 Å². The lowest BCUT2D eigenvalue weighted by molar-refractivity contribution is 0.0926. The summed E-state index contributed by atoms with van der Waals surface area (Å²) in [5, 5.41) is 3.38. The van der Waals surface area contributed by atoms with Crippen LogP contribution in [0.2, 0.25) is 5.02 Å². The third kappa shape index (κ3) is 3.33. The maximum atomic E-state index is 11.7. The maximum Gasteiger partial charge on any atom is 0.286 e. The third-order valence-electron chi connectivity index (χ3n) is 3.04. The molecule has 1 heterocycles. The van der Waals surface area contributed by atoms with Gasteiger partial charge in [0.2, 0.25) is 0 Å². The van der Waals surface area contributed by atoms with Crippen molar-refractivity contribution >= 4 is 17.5 Å². The molecule has 1 aromatic heterocycles. The van der Waals surface area contributed by atoms with E-state index in [1.54, 1.807) is 19.2 Å². The average Bonchev–Trinajstić information content (AvgIpc) is 2.96. The van der Waals surface area contributed by atoms with Gasteiger partial charge in [0.25, 0.3) is 5.91 Å². The number of hydrogen-bond donors (Lipinski definition) is 1. The van der Waals surface area contributed by atoms with Gasteiger partial charge in [0.15, 0.2) is 5.76 Å². The molecular formula is C15H16ClNO3. The van der Waals surface area contributed by atoms with Crippen molar-refractivity contribution in [2.75, 3.05) is 13.7 Å². The molecule has 20 heavy (non-hydrogen) atoms. The molecule has 2 aromatic rings.